The van der Waals surface area contributed by atoms with E-state index in [0.717, 1.165) is 89.5 Å². The van der Waals surface area contributed by atoms with Gasteiger partial charge in [-0.2, -0.15) is 13.2 Å². The van der Waals surface area contributed by atoms with Crippen LogP contribution in [0.25, 0.3) is 0 Å². The van der Waals surface area contributed by atoms with Crippen molar-refractivity contribution in [2.45, 2.75) is 227 Å². The summed E-state index contributed by atoms with van der Waals surface area (Å²) in [5, 5.41) is 12.5. The summed E-state index contributed by atoms with van der Waals surface area (Å²) >= 11 is 9.52. The number of ether oxygens (including phenoxy) is 3. The fourth-order valence-electron chi connectivity index (χ4n) is 12.4. The number of Topliss-reactive ketones (excluding diaryl/α,β-unsaturated/α-hetero) is 5. The predicted octanol–water partition coefficient (Wildman–Crippen LogP) is 12.5. The number of hydrogen-bond acceptors (Lipinski definition) is 23. The molecule has 6 saturated heterocycles. The fraction of sp³-hybridized carbons (Fsp3) is 0.728. The molecule has 6 aliphatic rings. The molecule has 0 spiro atoms. The molecule has 0 bridgehead atoms. The van der Waals surface area contributed by atoms with Crippen LogP contribution < -0.4 is 34.0 Å². The molecule has 0 aliphatic carbocycles. The van der Waals surface area contributed by atoms with E-state index in [4.69, 9.17) is 30.6 Å². The first-order valence-corrected chi connectivity index (χ1v) is 43.2. The van der Waals surface area contributed by atoms with Gasteiger partial charge < -0.3 is 64.9 Å². The maximum Gasteiger partial charge on any atom is 1.00 e. The van der Waals surface area contributed by atoms with Crippen LogP contribution in [0.5, 0.6) is 0 Å². The Hall–Kier alpha value is -6.05. The van der Waals surface area contributed by atoms with Crippen LogP contribution in [0.2, 0.25) is 5.28 Å². The number of nitrogens with zero attached hydrogens (tertiary/aromatic N) is 11. The normalized spacial score (nSPS) is 19.0. The number of aliphatic carboxylic acids is 1. The Labute approximate surface area is 744 Å². The zero-order chi connectivity index (χ0) is 90.0. The molecule has 0 radical (unpaired) electrons. The van der Waals surface area contributed by atoms with Gasteiger partial charge in [-0.05, 0) is 219 Å². The Kier molecular flexibility index (Phi) is 54.7. The van der Waals surface area contributed by atoms with Crippen molar-refractivity contribution in [1.82, 2.24) is 49.9 Å². The van der Waals surface area contributed by atoms with Crippen molar-refractivity contribution < 1.29 is 123 Å². The van der Waals surface area contributed by atoms with Crippen molar-refractivity contribution in [3.63, 3.8) is 0 Å². The second kappa shape index (κ2) is 54.5. The first-order valence-electron chi connectivity index (χ1n) is 38.5. The van der Waals surface area contributed by atoms with Crippen LogP contribution in [-0.4, -0.2) is 231 Å². The zero-order valence-corrected chi connectivity index (χ0v) is 79.6. The van der Waals surface area contributed by atoms with E-state index in [1.165, 1.54) is 12.4 Å². The van der Waals surface area contributed by atoms with Crippen LogP contribution >= 0.6 is 56.8 Å². The summed E-state index contributed by atoms with van der Waals surface area (Å²) in [5.74, 6) is 1.62. The fourth-order valence-corrected chi connectivity index (χ4v) is 12.5. The van der Waals surface area contributed by atoms with E-state index in [9.17, 15) is 74.6 Å². The topological polar surface area (TPSA) is 386 Å². The van der Waals surface area contributed by atoms with Crippen molar-refractivity contribution in [2.75, 3.05) is 98.2 Å². The summed E-state index contributed by atoms with van der Waals surface area (Å²) in [6.45, 7) is 51.1. The molecular weight excluding hydrogens is 1810 g/mol. The molecule has 0 saturated carbocycles. The third kappa shape index (κ3) is 44.7. The van der Waals surface area contributed by atoms with E-state index in [0.29, 0.717) is 94.2 Å². The van der Waals surface area contributed by atoms with E-state index >= 15 is 0 Å². The molecule has 6 fully saturated rings. The van der Waals surface area contributed by atoms with Crippen molar-refractivity contribution in [3.05, 3.63) is 59.9 Å². The number of alkyl halides is 5. The van der Waals surface area contributed by atoms with Crippen molar-refractivity contribution >= 4 is 128 Å². The summed E-state index contributed by atoms with van der Waals surface area (Å²) in [6.07, 6.45) is 6.19. The Balaban J connectivity index is -0.000000639. The van der Waals surface area contributed by atoms with Crippen molar-refractivity contribution in [3.8, 4) is 0 Å². The number of amides is 3. The number of hydrogen-bond donors (Lipinski definition) is 2. The molecule has 3 aromatic heterocycles. The Morgan fingerprint density at radius 3 is 1.13 bits per heavy atom. The number of aromatic nitrogens is 6. The molecule has 7 atom stereocenters. The Morgan fingerprint density at radius 1 is 0.504 bits per heavy atom. The summed E-state index contributed by atoms with van der Waals surface area (Å²) in [4.78, 5) is 148. The van der Waals surface area contributed by atoms with E-state index in [1.54, 1.807) is 63.2 Å². The van der Waals surface area contributed by atoms with E-state index in [2.05, 4.69) is 80.4 Å². The summed E-state index contributed by atoms with van der Waals surface area (Å²) in [5.41, 5.74) is -2.95. The summed E-state index contributed by atoms with van der Waals surface area (Å²) in [7, 11) is 0. The molecule has 28 nitrogen and oxygen atoms in total. The number of halogens is 9. The molecule has 9 heterocycles. The number of nitrogens with one attached hydrogen (secondary N) is 1. The quantitative estimate of drug-likeness (QED) is 0.0288. The molecule has 5 N–H and O–H groups in total. The number of aldehydes is 1. The number of carboxylic acids is 1. The number of carbonyl (C=O) groups excluding carboxylic acids is 9. The monoisotopic (exact) mass is 1940 g/mol. The first kappa shape index (κ1) is 119. The van der Waals surface area contributed by atoms with Gasteiger partial charge in [0.2, 0.25) is 23.5 Å². The molecule has 38 heteroatoms. The average molecular weight is 1940 g/mol. The van der Waals surface area contributed by atoms with Crippen molar-refractivity contribution in [2.24, 2.45) is 63.1 Å². The van der Waals surface area contributed by atoms with Gasteiger partial charge in [0, 0.05) is 94.0 Å². The number of rotatable bonds is 14. The summed E-state index contributed by atoms with van der Waals surface area (Å²) < 4.78 is 84.6. The number of carboxylic acid groups (broad SMARTS) is 1. The van der Waals surface area contributed by atoms with Gasteiger partial charge >= 0.3 is 49.3 Å². The van der Waals surface area contributed by atoms with Crippen LogP contribution in [0.15, 0.2) is 37.2 Å². The number of ketones is 5. The molecule has 0 aromatic carbocycles. The zero-order valence-electron chi connectivity index (χ0n) is 74.5. The third-order valence-corrected chi connectivity index (χ3v) is 21.1. The second-order valence-electron chi connectivity index (χ2n) is 34.4. The Morgan fingerprint density at radius 2 is 0.815 bits per heavy atom. The second-order valence-corrected chi connectivity index (χ2v) is 34.8. The van der Waals surface area contributed by atoms with Crippen LogP contribution in [0.4, 0.5) is 52.6 Å². The average Bonchev–Trinajstić information content (AvgIpc) is 1.46. The number of likely N-dealkylation sites (tertiary alicyclic amines) is 3. The van der Waals surface area contributed by atoms with E-state index in [1.807, 2.05) is 130 Å². The minimum Gasteiger partial charge on any atom is -0.870 e. The molecular formula is C81H132ClF6I2LiN12O16. The van der Waals surface area contributed by atoms with Gasteiger partial charge in [0.05, 0.1) is 42.6 Å². The minimum absolute atomic E-state index is 0. The maximum absolute atomic E-state index is 12.8. The van der Waals surface area contributed by atoms with Crippen LogP contribution in [-0.2, 0) is 47.8 Å². The maximum atomic E-state index is 12.8. The molecule has 6 aliphatic heterocycles. The van der Waals surface area contributed by atoms with Crippen molar-refractivity contribution in [1.29, 1.82) is 0 Å². The standard InChI is InChI=1S/C14H25NO3.C13H18FN3O.C13H23NO3.C12H16FN3O2.C12H21NO3.C9H17NO.C4H2ClFN2.C2HF3O.2CH3I.Li.2H2O/c1-10(16)14(5,6)11-7-8-15(9-11)12(17)18-13(2,3)4;1-9(18)13(2,3)10-4-5-17(8-10)12-15-6-11(14)7-16-12;1-9(10(2)15)11-6-7-14(8-11)12(16)17-13(3,4)5;1-12(2,10(17)18)8-3-4-16(7-8)11-14-5-9(13)6-15-11;1-9(14)7-10-5-6-13(8-10)11(15)16-12(2,3)4;1-7(11)9(2,3)8-4-5-10-6-8;5-4-7-1-3(6)2-8-4;3-2(4,5)1-6;2*1-2;;;/h11H,7-9H2,1-6H3;6-7,10H,4-5,8H2,1-3H3;9,11H,6-8H2,1-5H3;5-6,8H,3-4,7H2,1-2H3,(H,17,18);10H,5-8H2,1-4H3;8,10H,4-6H2,1-3H3;1-2H;1H;2*1H3;;2*1H2/q;;;;;;;;;;+1;;/p-1. The largest absolute Gasteiger partial charge is 1.00 e. The van der Waals surface area contributed by atoms with Crippen LogP contribution in [0, 0.1) is 80.5 Å². The van der Waals surface area contributed by atoms with Gasteiger partial charge in [-0.15, -0.1) is 0 Å². The predicted molar refractivity (Wildman–Crippen MR) is 458 cm³/mol. The van der Waals surface area contributed by atoms with Gasteiger partial charge in [-0.25, -0.2) is 57.5 Å². The number of anilines is 2. The molecule has 3 aromatic rings. The Bertz CT molecular complexity index is 3470. The smallest absolute Gasteiger partial charge is 0.870 e. The SMILES string of the molecule is CC(=O)C(C)(C)C1CCN(C(=O)OC(C)(C)C)C1.CC(=O)C(C)(C)C1CCN(c2ncc(F)cn2)C1.CC(=O)C(C)(C)C1CCNC1.CC(=O)C(C)C1CCN(C(=O)OC(C)(C)C)C1.CC(=O)CC1CCN(C(=O)OC(C)(C)C)C1.CC(C)(C(=O)O)C1CCN(c2ncc(F)cn2)C1.CI.CI.Fc1cnc(Cl)nc1.O.O=CC(F)(F)F.[Li+].[OH-]. The molecule has 676 valence electrons. The van der Waals surface area contributed by atoms with Gasteiger partial charge in [0.15, 0.2) is 17.5 Å². The van der Waals surface area contributed by atoms with Crippen LogP contribution in [0.3, 0.4) is 0 Å². The third-order valence-electron chi connectivity index (χ3n) is 20.9. The number of carbonyl (C=O) groups is 10. The molecule has 119 heavy (non-hydrogen) atoms. The molecule has 9 rings (SSSR count). The van der Waals surface area contributed by atoms with Gasteiger partial charge in [-0.1, -0.05) is 93.6 Å². The van der Waals surface area contributed by atoms with Crippen LogP contribution in [0.1, 0.15) is 204 Å². The van der Waals surface area contributed by atoms with E-state index < -0.39 is 58.1 Å². The van der Waals surface area contributed by atoms with Gasteiger partial charge in [-0.3, -0.25) is 28.8 Å². The minimum atomic E-state index is -4.64. The van der Waals surface area contributed by atoms with E-state index in [-0.39, 0.29) is 116 Å². The van der Waals surface area contributed by atoms with Gasteiger partial charge in [0.1, 0.15) is 45.7 Å². The molecule has 3 amide bonds. The van der Waals surface area contributed by atoms with Gasteiger partial charge in [0.25, 0.3) is 0 Å². The first-order chi connectivity index (χ1) is 53.2. The molecule has 7 unspecified atom stereocenters. The summed E-state index contributed by atoms with van der Waals surface area (Å²) in [6, 6.07) is 0.